The molecule has 0 fully saturated rings. The molecular formula is C21H20ClN3O. The molecule has 1 N–H and O–H groups in total. The number of hydrogen-bond acceptors (Lipinski definition) is 3. The maximum absolute atomic E-state index is 11.1. The second-order valence-electron chi connectivity index (χ2n) is 6.31. The number of carbonyl (C=O) groups excluding carboxylic acids is 1. The molecular weight excluding hydrogens is 346 g/mol. The smallest absolute Gasteiger partial charge is 0.217 e. The van der Waals surface area contributed by atoms with E-state index < -0.39 is 0 Å². The molecule has 0 radical (unpaired) electrons. The molecule has 0 aliphatic rings. The Morgan fingerprint density at radius 1 is 0.923 bits per heavy atom. The number of amides is 1. The third kappa shape index (κ3) is 4.67. The van der Waals surface area contributed by atoms with E-state index in [-0.39, 0.29) is 11.9 Å². The first kappa shape index (κ1) is 18.1. The van der Waals surface area contributed by atoms with Crippen LogP contribution in [0.1, 0.15) is 19.4 Å². The van der Waals surface area contributed by atoms with Crippen molar-refractivity contribution in [2.75, 3.05) is 0 Å². The van der Waals surface area contributed by atoms with Crippen LogP contribution in [0.25, 0.3) is 22.5 Å². The van der Waals surface area contributed by atoms with Gasteiger partial charge in [-0.15, -0.1) is 10.2 Å². The van der Waals surface area contributed by atoms with Crippen molar-refractivity contribution < 1.29 is 4.79 Å². The molecule has 5 heteroatoms. The van der Waals surface area contributed by atoms with Crippen LogP contribution in [0.4, 0.5) is 0 Å². The Bertz CT molecular complexity index is 875. The number of benzene rings is 2. The summed E-state index contributed by atoms with van der Waals surface area (Å²) < 4.78 is 0. The summed E-state index contributed by atoms with van der Waals surface area (Å²) in [6.07, 6.45) is 0.793. The Labute approximate surface area is 158 Å². The van der Waals surface area contributed by atoms with Gasteiger partial charge in [-0.05, 0) is 43.2 Å². The van der Waals surface area contributed by atoms with Crippen molar-refractivity contribution in [1.82, 2.24) is 15.5 Å². The summed E-state index contributed by atoms with van der Waals surface area (Å²) in [4.78, 5) is 11.1. The van der Waals surface area contributed by atoms with Crippen molar-refractivity contribution in [3.8, 4) is 22.5 Å². The minimum Gasteiger partial charge on any atom is -0.354 e. The van der Waals surface area contributed by atoms with Gasteiger partial charge in [-0.2, -0.15) is 0 Å². The van der Waals surface area contributed by atoms with Gasteiger partial charge in [-0.1, -0.05) is 48.0 Å². The zero-order chi connectivity index (χ0) is 18.5. The zero-order valence-electron chi connectivity index (χ0n) is 14.7. The lowest BCUT2D eigenvalue weighted by Crippen LogP contribution is -2.31. The standard InChI is InChI=1S/C21H20ClN3O/c1-14(23-15(2)26)13-16-3-5-17(6-4-16)20-11-12-21(25-24-20)18-7-9-19(22)10-8-18/h3-12,14H,13H2,1-2H3,(H,23,26). The first-order chi connectivity index (χ1) is 12.5. The van der Waals surface area contributed by atoms with Crippen LogP contribution in [0.3, 0.4) is 0 Å². The van der Waals surface area contributed by atoms with E-state index in [1.807, 2.05) is 55.5 Å². The van der Waals surface area contributed by atoms with E-state index in [4.69, 9.17) is 11.6 Å². The molecule has 1 atom stereocenters. The quantitative estimate of drug-likeness (QED) is 0.722. The molecule has 26 heavy (non-hydrogen) atoms. The summed E-state index contributed by atoms with van der Waals surface area (Å²) in [5.41, 5.74) is 4.79. The molecule has 3 aromatic rings. The van der Waals surface area contributed by atoms with Gasteiger partial charge in [-0.25, -0.2) is 0 Å². The van der Waals surface area contributed by atoms with Gasteiger partial charge in [-0.3, -0.25) is 4.79 Å². The van der Waals surface area contributed by atoms with Crippen molar-refractivity contribution in [2.24, 2.45) is 0 Å². The normalized spacial score (nSPS) is 11.8. The Kier molecular flexibility index (Phi) is 5.64. The lowest BCUT2D eigenvalue weighted by atomic mass is 10.0. The average molecular weight is 366 g/mol. The third-order valence-electron chi connectivity index (χ3n) is 4.05. The summed E-state index contributed by atoms with van der Waals surface area (Å²) in [5, 5.41) is 12.2. The minimum atomic E-state index is -0.00910. The second-order valence-corrected chi connectivity index (χ2v) is 6.75. The van der Waals surface area contributed by atoms with Crippen molar-refractivity contribution in [3.05, 3.63) is 71.2 Å². The van der Waals surface area contributed by atoms with Crippen LogP contribution in [-0.2, 0) is 11.2 Å². The maximum atomic E-state index is 11.1. The van der Waals surface area contributed by atoms with Crippen molar-refractivity contribution in [2.45, 2.75) is 26.3 Å². The third-order valence-corrected chi connectivity index (χ3v) is 4.30. The number of hydrogen-bond donors (Lipinski definition) is 1. The molecule has 0 spiro atoms. The Hall–Kier alpha value is -2.72. The van der Waals surface area contributed by atoms with Crippen LogP contribution in [0.5, 0.6) is 0 Å². The summed E-state index contributed by atoms with van der Waals surface area (Å²) in [5.74, 6) is -0.00910. The Balaban J connectivity index is 1.71. The molecule has 1 unspecified atom stereocenters. The van der Waals surface area contributed by atoms with Crippen molar-refractivity contribution in [1.29, 1.82) is 0 Å². The molecule has 1 aromatic heterocycles. The van der Waals surface area contributed by atoms with Crippen LogP contribution in [0.15, 0.2) is 60.7 Å². The number of carbonyl (C=O) groups is 1. The number of nitrogens with one attached hydrogen (secondary N) is 1. The average Bonchev–Trinajstić information content (AvgIpc) is 2.62. The number of halogens is 1. The van der Waals surface area contributed by atoms with Crippen LogP contribution < -0.4 is 5.32 Å². The molecule has 1 heterocycles. The van der Waals surface area contributed by atoms with E-state index in [2.05, 4.69) is 27.6 Å². The molecule has 2 aromatic carbocycles. The molecule has 0 saturated carbocycles. The van der Waals surface area contributed by atoms with E-state index in [1.54, 1.807) is 0 Å². The fourth-order valence-corrected chi connectivity index (χ4v) is 2.95. The van der Waals surface area contributed by atoms with Gasteiger partial charge < -0.3 is 5.32 Å². The summed E-state index contributed by atoms with van der Waals surface area (Å²) >= 11 is 5.92. The van der Waals surface area contributed by atoms with Crippen LogP contribution in [-0.4, -0.2) is 22.1 Å². The predicted molar refractivity (Wildman–Crippen MR) is 105 cm³/mol. The van der Waals surface area contributed by atoms with E-state index >= 15 is 0 Å². The van der Waals surface area contributed by atoms with Gasteiger partial charge in [0.15, 0.2) is 0 Å². The molecule has 4 nitrogen and oxygen atoms in total. The Morgan fingerprint density at radius 2 is 1.42 bits per heavy atom. The zero-order valence-corrected chi connectivity index (χ0v) is 15.5. The van der Waals surface area contributed by atoms with Crippen molar-refractivity contribution >= 4 is 17.5 Å². The van der Waals surface area contributed by atoms with Gasteiger partial charge in [0.05, 0.1) is 11.4 Å². The summed E-state index contributed by atoms with van der Waals surface area (Å²) in [7, 11) is 0. The predicted octanol–water partition coefficient (Wildman–Crippen LogP) is 4.53. The van der Waals surface area contributed by atoms with E-state index in [1.165, 1.54) is 12.5 Å². The topological polar surface area (TPSA) is 54.9 Å². The van der Waals surface area contributed by atoms with Crippen LogP contribution in [0, 0.1) is 0 Å². The maximum Gasteiger partial charge on any atom is 0.217 e. The molecule has 132 valence electrons. The van der Waals surface area contributed by atoms with Crippen LogP contribution in [0.2, 0.25) is 5.02 Å². The molecule has 0 aliphatic heterocycles. The van der Waals surface area contributed by atoms with Gasteiger partial charge in [0, 0.05) is 29.1 Å². The highest BCUT2D eigenvalue weighted by molar-refractivity contribution is 6.30. The highest BCUT2D eigenvalue weighted by Crippen LogP contribution is 2.22. The van der Waals surface area contributed by atoms with Crippen LogP contribution >= 0.6 is 11.6 Å². The van der Waals surface area contributed by atoms with Gasteiger partial charge in [0.25, 0.3) is 0 Å². The fraction of sp³-hybridized carbons (Fsp3) is 0.190. The van der Waals surface area contributed by atoms with E-state index in [0.29, 0.717) is 5.02 Å². The first-order valence-electron chi connectivity index (χ1n) is 8.47. The minimum absolute atomic E-state index is 0.00910. The largest absolute Gasteiger partial charge is 0.354 e. The van der Waals surface area contributed by atoms with Gasteiger partial charge >= 0.3 is 0 Å². The fourth-order valence-electron chi connectivity index (χ4n) is 2.82. The highest BCUT2D eigenvalue weighted by atomic mass is 35.5. The lowest BCUT2D eigenvalue weighted by molar-refractivity contribution is -0.119. The first-order valence-corrected chi connectivity index (χ1v) is 8.85. The number of aromatic nitrogens is 2. The number of nitrogens with zero attached hydrogens (tertiary/aromatic N) is 2. The molecule has 0 saturated heterocycles. The SMILES string of the molecule is CC(=O)NC(C)Cc1ccc(-c2ccc(-c3ccc(Cl)cc3)nn2)cc1. The van der Waals surface area contributed by atoms with Gasteiger partial charge in [0.1, 0.15) is 0 Å². The molecule has 0 bridgehead atoms. The Morgan fingerprint density at radius 3 is 1.88 bits per heavy atom. The van der Waals surface area contributed by atoms with Gasteiger partial charge in [0.2, 0.25) is 5.91 Å². The second kappa shape index (κ2) is 8.11. The van der Waals surface area contributed by atoms with E-state index in [0.717, 1.165) is 28.9 Å². The molecule has 3 rings (SSSR count). The van der Waals surface area contributed by atoms with E-state index in [9.17, 15) is 4.79 Å². The number of rotatable bonds is 5. The lowest BCUT2D eigenvalue weighted by Gasteiger charge is -2.12. The van der Waals surface area contributed by atoms with Crippen molar-refractivity contribution in [3.63, 3.8) is 0 Å². The molecule has 0 aliphatic carbocycles. The summed E-state index contributed by atoms with van der Waals surface area (Å²) in [6, 6.07) is 19.7. The molecule has 1 amide bonds. The monoisotopic (exact) mass is 365 g/mol. The highest BCUT2D eigenvalue weighted by Gasteiger charge is 2.07. The summed E-state index contributed by atoms with van der Waals surface area (Å²) in [6.45, 7) is 3.53.